The van der Waals surface area contributed by atoms with Gasteiger partial charge in [-0.3, -0.25) is 9.59 Å². The quantitative estimate of drug-likeness (QED) is 0.309. The van der Waals surface area contributed by atoms with Gasteiger partial charge in [0, 0.05) is 35.5 Å². The molecule has 0 saturated heterocycles. The number of nitrogens with zero attached hydrogens (tertiary/aromatic N) is 1. The molecule has 6 rings (SSSR count). The second-order valence-corrected chi connectivity index (χ2v) is 9.84. The zero-order valence-electron chi connectivity index (χ0n) is 22.8. The van der Waals surface area contributed by atoms with Gasteiger partial charge in [-0.2, -0.15) is 0 Å². The highest BCUT2D eigenvalue weighted by Crippen LogP contribution is 2.33. The first-order chi connectivity index (χ1) is 19.5. The Kier molecular flexibility index (Phi) is 8.65. The molecule has 0 unspecified atom stereocenters. The average Bonchev–Trinajstić information content (AvgIpc) is 3.55. The number of aromatic amines is 1. The summed E-state index contributed by atoms with van der Waals surface area (Å²) in [4.78, 5) is 34.1. The Hall–Kier alpha value is -4.31. The molecule has 0 saturated carbocycles. The molecule has 0 radical (unpaired) electrons. The van der Waals surface area contributed by atoms with Gasteiger partial charge in [0.2, 0.25) is 17.7 Å². The van der Waals surface area contributed by atoms with Crippen molar-refractivity contribution in [1.82, 2.24) is 25.9 Å². The number of rotatable bonds is 3. The van der Waals surface area contributed by atoms with Crippen molar-refractivity contribution in [3.8, 4) is 23.0 Å². The van der Waals surface area contributed by atoms with Gasteiger partial charge in [0.1, 0.15) is 17.5 Å². The lowest BCUT2D eigenvalue weighted by molar-refractivity contribution is -0.129. The van der Waals surface area contributed by atoms with Gasteiger partial charge in [0.05, 0.1) is 20.3 Å². The molecule has 210 valence electrons. The van der Waals surface area contributed by atoms with E-state index in [1.165, 1.54) is 0 Å². The molecule has 4 aromatic rings. The van der Waals surface area contributed by atoms with Crippen LogP contribution in [0.3, 0.4) is 0 Å². The molecule has 4 heterocycles. The Morgan fingerprint density at radius 2 is 1.95 bits per heavy atom. The number of carbonyl (C=O) groups excluding carboxylic acids is 2. The molecule has 4 N–H and O–H groups in total. The van der Waals surface area contributed by atoms with E-state index in [1.54, 1.807) is 7.11 Å². The molecule has 1 atom stereocenters. The van der Waals surface area contributed by atoms with Crippen LogP contribution in [-0.4, -0.2) is 54.6 Å². The van der Waals surface area contributed by atoms with Gasteiger partial charge >= 0.3 is 0 Å². The average molecular weight is 546 g/mol. The first-order valence-electron chi connectivity index (χ1n) is 13.6. The Balaban J connectivity index is 1.38. The molecular formula is C30H35N5O5. The minimum absolute atomic E-state index is 0.162. The number of carbonyl (C=O) groups is 2. The van der Waals surface area contributed by atoms with Crippen LogP contribution in [0.4, 0.5) is 0 Å². The van der Waals surface area contributed by atoms with E-state index < -0.39 is 6.04 Å². The van der Waals surface area contributed by atoms with Crippen molar-refractivity contribution in [1.29, 1.82) is 0 Å². The van der Waals surface area contributed by atoms with Gasteiger partial charge in [0.15, 0.2) is 11.5 Å². The maximum Gasteiger partial charge on any atom is 0.243 e. The normalized spacial score (nSPS) is 17.5. The standard InChI is InChI=1S/C30H35N5O5/c1-19-25-18-33-29(37)24(15-21-17-32-23-8-4-3-7-22(21)23)34-28(36)9-5-12-31-13-6-14-39-26-11-10-20(16-27(26)38-2)30(35-25)40-19/h3-4,7-8,10-11,16-17,24,31-32H,5-6,9,12-15,18H2,1-2H3,(H,33,37)(H,34,36)/t24-/m0/s1. The molecule has 0 spiro atoms. The lowest BCUT2D eigenvalue weighted by atomic mass is 10.0. The predicted molar refractivity (Wildman–Crippen MR) is 151 cm³/mol. The molecule has 2 aliphatic heterocycles. The highest BCUT2D eigenvalue weighted by atomic mass is 16.5. The predicted octanol–water partition coefficient (Wildman–Crippen LogP) is 3.64. The number of aryl methyl sites for hydroxylation is 1. The maximum absolute atomic E-state index is 13.4. The number of oxazole rings is 1. The largest absolute Gasteiger partial charge is 0.493 e. The molecular weight excluding hydrogens is 510 g/mol. The Morgan fingerprint density at radius 1 is 1.10 bits per heavy atom. The Labute approximate surface area is 232 Å². The number of methoxy groups -OCH3 is 1. The number of nitrogens with one attached hydrogen (secondary N) is 4. The number of fused-ring (bicyclic) bond motifs is 16. The molecule has 2 aromatic carbocycles. The molecule has 10 heteroatoms. The Bertz CT molecular complexity index is 1480. The summed E-state index contributed by atoms with van der Waals surface area (Å²) in [6.45, 7) is 3.94. The fraction of sp³-hybridized carbons (Fsp3) is 0.367. The van der Waals surface area contributed by atoms with Crippen LogP contribution in [0.1, 0.15) is 36.3 Å². The molecule has 2 aliphatic rings. The van der Waals surface area contributed by atoms with Gasteiger partial charge < -0.3 is 34.8 Å². The number of hydrogen-bond acceptors (Lipinski definition) is 7. The van der Waals surface area contributed by atoms with Crippen molar-refractivity contribution in [3.63, 3.8) is 0 Å². The van der Waals surface area contributed by atoms with Crippen LogP contribution in [0, 0.1) is 6.92 Å². The van der Waals surface area contributed by atoms with Crippen molar-refractivity contribution < 1.29 is 23.5 Å². The molecule has 10 nitrogen and oxygen atoms in total. The lowest BCUT2D eigenvalue weighted by Crippen LogP contribution is -2.48. The van der Waals surface area contributed by atoms with Crippen LogP contribution >= 0.6 is 0 Å². The minimum atomic E-state index is -0.741. The van der Waals surface area contributed by atoms with E-state index in [9.17, 15) is 9.59 Å². The molecule has 0 fully saturated rings. The van der Waals surface area contributed by atoms with Crippen LogP contribution in [0.5, 0.6) is 11.5 Å². The molecule has 40 heavy (non-hydrogen) atoms. The van der Waals surface area contributed by atoms with Crippen molar-refractivity contribution in [2.75, 3.05) is 26.8 Å². The van der Waals surface area contributed by atoms with Crippen LogP contribution in [-0.2, 0) is 22.6 Å². The van der Waals surface area contributed by atoms with E-state index in [2.05, 4.69) is 25.9 Å². The lowest BCUT2D eigenvalue weighted by Gasteiger charge is -2.18. The first kappa shape index (κ1) is 27.3. The van der Waals surface area contributed by atoms with Gasteiger partial charge in [0.25, 0.3) is 0 Å². The van der Waals surface area contributed by atoms with Gasteiger partial charge in [-0.05, 0) is 62.7 Å². The van der Waals surface area contributed by atoms with Gasteiger partial charge in [-0.25, -0.2) is 4.98 Å². The molecule has 2 amide bonds. The summed E-state index contributed by atoms with van der Waals surface area (Å²) in [5.41, 5.74) is 3.29. The SMILES string of the molecule is COc1cc2ccc1OCCCNCCCC(=O)N[C@@H](Cc1c[nH]c3ccccc13)C(=O)NCc1nc-2oc1C. The van der Waals surface area contributed by atoms with Crippen LogP contribution < -0.4 is 25.4 Å². The van der Waals surface area contributed by atoms with E-state index >= 15 is 0 Å². The maximum atomic E-state index is 13.4. The minimum Gasteiger partial charge on any atom is -0.493 e. The number of benzene rings is 2. The van der Waals surface area contributed by atoms with Crippen LogP contribution in [0.15, 0.2) is 53.1 Å². The summed E-state index contributed by atoms with van der Waals surface area (Å²) in [5, 5.41) is 10.3. The summed E-state index contributed by atoms with van der Waals surface area (Å²) in [5.74, 6) is 1.81. The first-order valence-corrected chi connectivity index (χ1v) is 13.6. The van der Waals surface area contributed by atoms with E-state index in [4.69, 9.17) is 13.9 Å². The van der Waals surface area contributed by atoms with E-state index in [0.717, 1.165) is 35.0 Å². The molecule has 2 aromatic heterocycles. The number of ether oxygens (including phenoxy) is 2. The van der Waals surface area contributed by atoms with E-state index in [-0.39, 0.29) is 18.4 Å². The monoisotopic (exact) mass is 545 g/mol. The van der Waals surface area contributed by atoms with Crippen molar-refractivity contribution in [2.45, 2.75) is 45.2 Å². The topological polar surface area (TPSA) is 131 Å². The van der Waals surface area contributed by atoms with E-state index in [0.29, 0.717) is 61.3 Å². The Morgan fingerprint density at radius 3 is 2.83 bits per heavy atom. The van der Waals surface area contributed by atoms with Gasteiger partial charge in [-0.15, -0.1) is 0 Å². The number of H-pyrrole nitrogens is 1. The summed E-state index contributed by atoms with van der Waals surface area (Å²) in [6, 6.07) is 12.7. The number of hydrogen-bond donors (Lipinski definition) is 4. The second kappa shape index (κ2) is 12.7. The zero-order chi connectivity index (χ0) is 27.9. The third-order valence-electron chi connectivity index (χ3n) is 7.00. The smallest absolute Gasteiger partial charge is 0.243 e. The number of aromatic nitrogens is 2. The highest BCUT2D eigenvalue weighted by Gasteiger charge is 2.23. The van der Waals surface area contributed by atoms with E-state index in [1.807, 2.05) is 55.6 Å². The fourth-order valence-corrected chi connectivity index (χ4v) is 4.80. The molecule has 0 aliphatic carbocycles. The summed E-state index contributed by atoms with van der Waals surface area (Å²) in [7, 11) is 1.60. The van der Waals surface area contributed by atoms with Crippen LogP contribution in [0.2, 0.25) is 0 Å². The highest BCUT2D eigenvalue weighted by molar-refractivity contribution is 5.89. The third kappa shape index (κ3) is 6.45. The van der Waals surface area contributed by atoms with Crippen molar-refractivity contribution in [3.05, 3.63) is 65.7 Å². The summed E-state index contributed by atoms with van der Waals surface area (Å²) < 4.78 is 17.4. The van der Waals surface area contributed by atoms with Gasteiger partial charge in [-0.1, -0.05) is 18.2 Å². The zero-order valence-corrected chi connectivity index (χ0v) is 22.8. The molecule has 4 bridgehead atoms. The fourth-order valence-electron chi connectivity index (χ4n) is 4.80. The van der Waals surface area contributed by atoms with Crippen LogP contribution in [0.25, 0.3) is 22.4 Å². The summed E-state index contributed by atoms with van der Waals surface area (Å²) >= 11 is 0. The number of amides is 2. The van der Waals surface area contributed by atoms with Crippen molar-refractivity contribution in [2.24, 2.45) is 0 Å². The summed E-state index contributed by atoms with van der Waals surface area (Å²) in [6.07, 6.45) is 4.02. The van der Waals surface area contributed by atoms with Crippen molar-refractivity contribution >= 4 is 22.7 Å². The third-order valence-corrected chi connectivity index (χ3v) is 7.00. The number of para-hydroxylation sites is 1. The second-order valence-electron chi connectivity index (χ2n) is 9.84.